The molecule has 0 amide bonds. The molecule has 11 heavy (non-hydrogen) atoms. The molecule has 1 aromatic carbocycles. The molecular weight excluding hydrogens is 222 g/mol. The van der Waals surface area contributed by atoms with Gasteiger partial charge in [0.2, 0.25) is 0 Å². The van der Waals surface area contributed by atoms with Gasteiger partial charge in [0.05, 0.1) is 5.69 Å². The summed E-state index contributed by atoms with van der Waals surface area (Å²) in [5.74, 6) is 1.06. The molecule has 0 fully saturated rings. The Balaban J connectivity index is 2.96. The Hall–Kier alpha value is -0.150. The van der Waals surface area contributed by atoms with Crippen molar-refractivity contribution in [1.29, 1.82) is 0 Å². The number of hydrogen-bond donors (Lipinski definition) is 1. The number of para-hydroxylation sites is 1. The minimum atomic E-state index is 0.847. The van der Waals surface area contributed by atoms with E-state index in [0.717, 1.165) is 20.8 Å². The maximum atomic E-state index is 5.80. The average molecular weight is 232 g/mol. The number of anilines is 1. The number of thioether (sulfide) groups is 1. The first kappa shape index (κ1) is 8.94. The van der Waals surface area contributed by atoms with Crippen LogP contribution in [0.25, 0.3) is 0 Å². The normalized spacial score (nSPS) is 10.0. The predicted octanol–water partition coefficient (Wildman–Crippen LogP) is 3.14. The van der Waals surface area contributed by atoms with E-state index in [2.05, 4.69) is 22.9 Å². The number of rotatable bonds is 2. The second-order valence-corrected chi connectivity index (χ2v) is 4.24. The molecule has 0 aromatic heterocycles. The Morgan fingerprint density at radius 3 is 2.91 bits per heavy atom. The second kappa shape index (κ2) is 4.02. The van der Waals surface area contributed by atoms with Crippen LogP contribution in [0, 0.1) is 0 Å². The topological polar surface area (TPSA) is 26.0 Å². The lowest BCUT2D eigenvalue weighted by atomic mass is 10.3. The molecule has 1 nitrogen and oxygen atoms in total. The molecule has 1 aromatic rings. The Kier molecular flexibility index (Phi) is 3.27. The van der Waals surface area contributed by atoms with Crippen LogP contribution >= 0.6 is 27.7 Å². The van der Waals surface area contributed by atoms with Gasteiger partial charge in [0, 0.05) is 9.37 Å². The van der Waals surface area contributed by atoms with Gasteiger partial charge in [0.25, 0.3) is 0 Å². The van der Waals surface area contributed by atoms with Gasteiger partial charge in [-0.2, -0.15) is 0 Å². The highest BCUT2D eigenvalue weighted by Crippen LogP contribution is 2.30. The summed E-state index contributed by atoms with van der Waals surface area (Å²) in [7, 11) is 0. The Labute approximate surface area is 79.5 Å². The number of nitrogen functional groups attached to an aromatic ring is 1. The van der Waals surface area contributed by atoms with Crippen molar-refractivity contribution in [3.05, 3.63) is 22.7 Å². The number of hydrogen-bond acceptors (Lipinski definition) is 2. The molecule has 60 valence electrons. The van der Waals surface area contributed by atoms with Crippen molar-refractivity contribution in [2.75, 3.05) is 11.5 Å². The third kappa shape index (κ3) is 2.14. The Morgan fingerprint density at radius 2 is 2.27 bits per heavy atom. The molecule has 0 saturated heterocycles. The van der Waals surface area contributed by atoms with E-state index in [4.69, 9.17) is 5.73 Å². The van der Waals surface area contributed by atoms with E-state index in [1.807, 2.05) is 18.2 Å². The molecule has 0 aliphatic rings. The van der Waals surface area contributed by atoms with E-state index < -0.39 is 0 Å². The summed E-state index contributed by atoms with van der Waals surface area (Å²) in [6.07, 6.45) is 0. The molecule has 0 atom stereocenters. The van der Waals surface area contributed by atoms with Crippen LogP contribution in [0.3, 0.4) is 0 Å². The van der Waals surface area contributed by atoms with E-state index in [9.17, 15) is 0 Å². The summed E-state index contributed by atoms with van der Waals surface area (Å²) in [5.41, 5.74) is 6.65. The SMILES string of the molecule is CCSc1cccc(Br)c1N. The minimum absolute atomic E-state index is 0.847. The summed E-state index contributed by atoms with van der Waals surface area (Å²) in [5, 5.41) is 0. The van der Waals surface area contributed by atoms with Crippen LogP contribution in [0.1, 0.15) is 6.92 Å². The van der Waals surface area contributed by atoms with Crippen LogP contribution in [0.5, 0.6) is 0 Å². The van der Waals surface area contributed by atoms with Gasteiger partial charge in [-0.25, -0.2) is 0 Å². The van der Waals surface area contributed by atoms with Gasteiger partial charge < -0.3 is 5.73 Å². The van der Waals surface area contributed by atoms with Crippen molar-refractivity contribution < 1.29 is 0 Å². The van der Waals surface area contributed by atoms with Gasteiger partial charge in [-0.3, -0.25) is 0 Å². The van der Waals surface area contributed by atoms with E-state index in [1.165, 1.54) is 0 Å². The van der Waals surface area contributed by atoms with Crippen LogP contribution in [-0.2, 0) is 0 Å². The number of benzene rings is 1. The van der Waals surface area contributed by atoms with Gasteiger partial charge in [0.15, 0.2) is 0 Å². The first-order valence-corrected chi connectivity index (χ1v) is 5.20. The van der Waals surface area contributed by atoms with E-state index in [1.54, 1.807) is 11.8 Å². The first-order valence-electron chi connectivity index (χ1n) is 3.42. The van der Waals surface area contributed by atoms with E-state index in [0.29, 0.717) is 0 Å². The van der Waals surface area contributed by atoms with Crippen molar-refractivity contribution in [3.63, 3.8) is 0 Å². The molecule has 3 heteroatoms. The number of nitrogens with two attached hydrogens (primary N) is 1. The van der Waals surface area contributed by atoms with Crippen LogP contribution in [0.2, 0.25) is 0 Å². The van der Waals surface area contributed by atoms with Crippen LogP contribution < -0.4 is 5.73 Å². The third-order valence-corrected chi connectivity index (χ3v) is 2.96. The largest absolute Gasteiger partial charge is 0.397 e. The van der Waals surface area contributed by atoms with Crippen LogP contribution in [0.15, 0.2) is 27.6 Å². The summed E-state index contributed by atoms with van der Waals surface area (Å²) in [6.45, 7) is 2.12. The second-order valence-electron chi connectivity index (χ2n) is 2.08. The fourth-order valence-electron chi connectivity index (χ4n) is 0.799. The van der Waals surface area contributed by atoms with Crippen molar-refractivity contribution in [1.82, 2.24) is 0 Å². The molecular formula is C8H10BrNS. The summed E-state index contributed by atoms with van der Waals surface area (Å²) >= 11 is 5.14. The molecule has 0 aliphatic heterocycles. The fourth-order valence-corrected chi connectivity index (χ4v) is 2.05. The van der Waals surface area contributed by atoms with Crippen molar-refractivity contribution >= 4 is 33.4 Å². The lowest BCUT2D eigenvalue weighted by molar-refractivity contribution is 1.41. The molecule has 0 bridgehead atoms. The lowest BCUT2D eigenvalue weighted by Crippen LogP contribution is -1.89. The van der Waals surface area contributed by atoms with E-state index in [-0.39, 0.29) is 0 Å². The maximum Gasteiger partial charge on any atom is 0.0596 e. The zero-order chi connectivity index (χ0) is 8.27. The molecule has 0 saturated carbocycles. The lowest BCUT2D eigenvalue weighted by Gasteiger charge is -2.04. The smallest absolute Gasteiger partial charge is 0.0596 e. The highest BCUT2D eigenvalue weighted by molar-refractivity contribution is 9.10. The summed E-state index contributed by atoms with van der Waals surface area (Å²) < 4.78 is 0.982. The van der Waals surface area contributed by atoms with Crippen LogP contribution in [0.4, 0.5) is 5.69 Å². The Morgan fingerprint density at radius 1 is 1.55 bits per heavy atom. The van der Waals surface area contributed by atoms with Crippen molar-refractivity contribution in [2.45, 2.75) is 11.8 Å². The molecule has 0 aliphatic carbocycles. The molecule has 0 radical (unpaired) electrons. The summed E-state index contributed by atoms with van der Waals surface area (Å²) in [6, 6.07) is 5.99. The standard InChI is InChI=1S/C8H10BrNS/c1-2-11-7-5-3-4-6(9)8(7)10/h3-5H,2,10H2,1H3. The van der Waals surface area contributed by atoms with Gasteiger partial charge in [-0.1, -0.05) is 13.0 Å². The molecule has 0 spiro atoms. The third-order valence-electron chi connectivity index (χ3n) is 1.31. The maximum absolute atomic E-state index is 5.80. The van der Waals surface area contributed by atoms with Gasteiger partial charge in [0.1, 0.15) is 0 Å². The first-order chi connectivity index (χ1) is 5.25. The minimum Gasteiger partial charge on any atom is -0.397 e. The zero-order valence-electron chi connectivity index (χ0n) is 6.30. The highest BCUT2D eigenvalue weighted by atomic mass is 79.9. The van der Waals surface area contributed by atoms with Crippen LogP contribution in [-0.4, -0.2) is 5.75 Å². The quantitative estimate of drug-likeness (QED) is 0.626. The molecule has 1 rings (SSSR count). The van der Waals surface area contributed by atoms with Gasteiger partial charge in [-0.05, 0) is 33.8 Å². The summed E-state index contributed by atoms with van der Waals surface area (Å²) in [4.78, 5) is 1.15. The predicted molar refractivity (Wildman–Crippen MR) is 55.0 cm³/mol. The van der Waals surface area contributed by atoms with Gasteiger partial charge >= 0.3 is 0 Å². The molecule has 2 N–H and O–H groups in total. The fraction of sp³-hybridized carbons (Fsp3) is 0.250. The monoisotopic (exact) mass is 231 g/mol. The number of halogens is 1. The van der Waals surface area contributed by atoms with Crippen molar-refractivity contribution in [2.24, 2.45) is 0 Å². The van der Waals surface area contributed by atoms with Gasteiger partial charge in [-0.15, -0.1) is 11.8 Å². The van der Waals surface area contributed by atoms with Crippen molar-refractivity contribution in [3.8, 4) is 0 Å². The zero-order valence-corrected chi connectivity index (χ0v) is 8.71. The Bertz CT molecular complexity index is 250. The highest BCUT2D eigenvalue weighted by Gasteiger charge is 2.00. The molecule has 0 unspecified atom stereocenters. The average Bonchev–Trinajstić information content (AvgIpc) is 1.99. The molecule has 0 heterocycles. The van der Waals surface area contributed by atoms with E-state index >= 15 is 0 Å².